The first-order chi connectivity index (χ1) is 12.4. The van der Waals surface area contributed by atoms with E-state index in [0.717, 1.165) is 6.07 Å². The van der Waals surface area contributed by atoms with Crippen molar-refractivity contribution in [3.63, 3.8) is 0 Å². The highest BCUT2D eigenvalue weighted by atomic mass is 35.5. The van der Waals surface area contributed by atoms with Crippen LogP contribution in [0, 0.1) is 12.7 Å². The largest absolute Gasteiger partial charge is 0.486 e. The molecule has 0 saturated carbocycles. The smallest absolute Gasteiger partial charge is 0.267 e. The highest BCUT2D eigenvalue weighted by Gasteiger charge is 2.17. The van der Waals surface area contributed by atoms with E-state index >= 15 is 0 Å². The first-order valence-electron chi connectivity index (χ1n) is 7.53. The van der Waals surface area contributed by atoms with E-state index in [-0.39, 0.29) is 17.3 Å². The standard InChI is InChI=1S/C18H13Cl2FN2O2S/c1-10-17(18(24)23-15-7-4-12(20)8-14(15)21)26-16(22-10)9-25-13-5-2-11(19)3-6-13/h2-8H,9H2,1H3,(H,23,24). The van der Waals surface area contributed by atoms with Crippen molar-refractivity contribution in [3.8, 4) is 5.75 Å². The number of benzene rings is 2. The first-order valence-corrected chi connectivity index (χ1v) is 9.10. The summed E-state index contributed by atoms with van der Waals surface area (Å²) < 4.78 is 19.5. The number of nitrogens with zero attached hydrogens (tertiary/aromatic N) is 1. The maximum absolute atomic E-state index is 13.8. The molecule has 134 valence electrons. The van der Waals surface area contributed by atoms with E-state index in [4.69, 9.17) is 27.9 Å². The summed E-state index contributed by atoms with van der Waals surface area (Å²) in [6, 6.07) is 11.0. The van der Waals surface area contributed by atoms with Gasteiger partial charge >= 0.3 is 0 Å². The van der Waals surface area contributed by atoms with Crippen LogP contribution >= 0.6 is 34.5 Å². The number of hydrogen-bond donors (Lipinski definition) is 1. The molecule has 3 aromatic rings. The lowest BCUT2D eigenvalue weighted by atomic mass is 10.3. The van der Waals surface area contributed by atoms with Crippen LogP contribution in [-0.2, 0) is 6.61 Å². The Labute approximate surface area is 163 Å². The number of aromatic nitrogens is 1. The summed E-state index contributed by atoms with van der Waals surface area (Å²) in [5.41, 5.74) is 0.614. The van der Waals surface area contributed by atoms with Crippen LogP contribution in [0.3, 0.4) is 0 Å². The molecule has 26 heavy (non-hydrogen) atoms. The number of amides is 1. The van der Waals surface area contributed by atoms with E-state index in [1.165, 1.54) is 23.5 Å². The van der Waals surface area contributed by atoms with Gasteiger partial charge in [0.05, 0.1) is 11.4 Å². The number of halogens is 3. The van der Waals surface area contributed by atoms with Crippen molar-refractivity contribution in [2.24, 2.45) is 0 Å². The van der Waals surface area contributed by atoms with Gasteiger partial charge in [-0.2, -0.15) is 0 Å². The molecule has 0 atom stereocenters. The number of hydrogen-bond acceptors (Lipinski definition) is 4. The maximum atomic E-state index is 13.8. The highest BCUT2D eigenvalue weighted by Crippen LogP contribution is 2.24. The van der Waals surface area contributed by atoms with Gasteiger partial charge in [0, 0.05) is 10.0 Å². The minimum atomic E-state index is -0.598. The summed E-state index contributed by atoms with van der Waals surface area (Å²) >= 11 is 12.7. The number of nitrogens with one attached hydrogen (secondary N) is 1. The van der Waals surface area contributed by atoms with Crippen LogP contribution in [0.4, 0.5) is 10.1 Å². The molecule has 0 bridgehead atoms. The number of carbonyl (C=O) groups is 1. The number of thiazole rings is 1. The minimum Gasteiger partial charge on any atom is -0.486 e. The van der Waals surface area contributed by atoms with Crippen LogP contribution in [0.25, 0.3) is 0 Å². The van der Waals surface area contributed by atoms with E-state index in [2.05, 4.69) is 10.3 Å². The molecule has 0 unspecified atom stereocenters. The summed E-state index contributed by atoms with van der Waals surface area (Å²) in [5.74, 6) is -0.380. The summed E-state index contributed by atoms with van der Waals surface area (Å²) in [4.78, 5) is 17.1. The molecular weight excluding hydrogens is 398 g/mol. The average Bonchev–Trinajstić information content (AvgIpc) is 2.98. The summed E-state index contributed by atoms with van der Waals surface area (Å²) in [7, 11) is 0. The second-order valence-corrected chi connectivity index (χ2v) is 7.30. The number of carbonyl (C=O) groups excluding carboxylic acids is 1. The Morgan fingerprint density at radius 1 is 1.19 bits per heavy atom. The molecule has 2 aromatic carbocycles. The molecule has 1 amide bonds. The van der Waals surface area contributed by atoms with E-state index in [1.54, 1.807) is 31.2 Å². The van der Waals surface area contributed by atoms with E-state index in [9.17, 15) is 9.18 Å². The number of anilines is 1. The Hall–Kier alpha value is -2.15. The lowest BCUT2D eigenvalue weighted by Crippen LogP contribution is -2.12. The molecule has 0 fully saturated rings. The third kappa shape index (κ3) is 4.52. The zero-order valence-corrected chi connectivity index (χ0v) is 15.9. The van der Waals surface area contributed by atoms with Gasteiger partial charge in [-0.3, -0.25) is 4.79 Å². The predicted molar refractivity (Wildman–Crippen MR) is 102 cm³/mol. The Morgan fingerprint density at radius 2 is 1.88 bits per heavy atom. The second kappa shape index (κ2) is 8.03. The molecule has 0 aliphatic heterocycles. The number of ether oxygens (including phenoxy) is 1. The number of aryl methyl sites for hydroxylation is 1. The Balaban J connectivity index is 1.68. The molecule has 0 saturated heterocycles. The number of rotatable bonds is 5. The van der Waals surface area contributed by atoms with Gasteiger partial charge in [0.2, 0.25) is 0 Å². The van der Waals surface area contributed by atoms with Crippen molar-refractivity contribution < 1.29 is 13.9 Å². The summed E-state index contributed by atoms with van der Waals surface area (Å²) in [6.45, 7) is 1.94. The lowest BCUT2D eigenvalue weighted by Gasteiger charge is -2.05. The van der Waals surface area contributed by atoms with Gasteiger partial charge in [0.25, 0.3) is 5.91 Å². The fraction of sp³-hybridized carbons (Fsp3) is 0.111. The van der Waals surface area contributed by atoms with E-state index in [1.807, 2.05) is 0 Å². The van der Waals surface area contributed by atoms with Crippen LogP contribution in [0.5, 0.6) is 5.75 Å². The monoisotopic (exact) mass is 410 g/mol. The minimum absolute atomic E-state index is 0.0613. The van der Waals surface area contributed by atoms with Gasteiger partial charge in [-0.05, 0) is 49.4 Å². The van der Waals surface area contributed by atoms with Gasteiger partial charge in [-0.25, -0.2) is 9.37 Å². The van der Waals surface area contributed by atoms with Gasteiger partial charge in [0.15, 0.2) is 0 Å². The van der Waals surface area contributed by atoms with Gasteiger partial charge in [-0.1, -0.05) is 23.2 Å². The third-order valence-electron chi connectivity index (χ3n) is 3.40. The summed E-state index contributed by atoms with van der Waals surface area (Å²) in [6.07, 6.45) is 0. The van der Waals surface area contributed by atoms with Crippen LogP contribution < -0.4 is 10.1 Å². The molecule has 8 heteroatoms. The van der Waals surface area contributed by atoms with Gasteiger partial charge in [0.1, 0.15) is 28.1 Å². The van der Waals surface area contributed by atoms with Crippen LogP contribution in [0.2, 0.25) is 10.0 Å². The third-order valence-corrected chi connectivity index (χ3v) is 5.02. The summed E-state index contributed by atoms with van der Waals surface area (Å²) in [5, 5.41) is 4.05. The van der Waals surface area contributed by atoms with Crippen molar-refractivity contribution in [3.05, 3.63) is 73.9 Å². The predicted octanol–water partition coefficient (Wildman–Crippen LogP) is 5.73. The average molecular weight is 411 g/mol. The SMILES string of the molecule is Cc1nc(COc2ccc(Cl)cc2)sc1C(=O)Nc1ccc(Cl)cc1F. The van der Waals surface area contributed by atoms with Crippen molar-refractivity contribution >= 4 is 46.1 Å². The molecule has 1 N–H and O–H groups in total. The molecular formula is C18H13Cl2FN2O2S. The first kappa shape index (κ1) is 18.6. The van der Waals surface area contributed by atoms with Gasteiger partial charge < -0.3 is 10.1 Å². The topological polar surface area (TPSA) is 51.2 Å². The quantitative estimate of drug-likeness (QED) is 0.584. The van der Waals surface area contributed by atoms with Gasteiger partial charge in [-0.15, -0.1) is 11.3 Å². The van der Waals surface area contributed by atoms with Crippen molar-refractivity contribution in [2.75, 3.05) is 5.32 Å². The maximum Gasteiger partial charge on any atom is 0.267 e. The molecule has 1 aromatic heterocycles. The van der Waals surface area contributed by atoms with E-state index < -0.39 is 11.7 Å². The van der Waals surface area contributed by atoms with Crippen molar-refractivity contribution in [1.29, 1.82) is 0 Å². The zero-order chi connectivity index (χ0) is 18.7. The van der Waals surface area contributed by atoms with E-state index in [0.29, 0.717) is 26.4 Å². The van der Waals surface area contributed by atoms with Crippen LogP contribution in [0.15, 0.2) is 42.5 Å². The second-order valence-electron chi connectivity index (χ2n) is 5.34. The Kier molecular flexibility index (Phi) is 5.76. The molecule has 3 rings (SSSR count). The molecule has 0 aliphatic rings. The van der Waals surface area contributed by atoms with Crippen molar-refractivity contribution in [2.45, 2.75) is 13.5 Å². The Bertz CT molecular complexity index is 945. The van der Waals surface area contributed by atoms with Crippen LogP contribution in [-0.4, -0.2) is 10.9 Å². The highest BCUT2D eigenvalue weighted by molar-refractivity contribution is 7.13. The normalized spacial score (nSPS) is 10.6. The molecule has 0 spiro atoms. The lowest BCUT2D eigenvalue weighted by molar-refractivity contribution is 0.102. The molecule has 0 radical (unpaired) electrons. The van der Waals surface area contributed by atoms with Crippen molar-refractivity contribution in [1.82, 2.24) is 4.98 Å². The molecule has 0 aliphatic carbocycles. The fourth-order valence-corrected chi connectivity index (χ4v) is 3.33. The molecule has 1 heterocycles. The zero-order valence-electron chi connectivity index (χ0n) is 13.6. The molecule has 4 nitrogen and oxygen atoms in total. The Morgan fingerprint density at radius 3 is 2.58 bits per heavy atom. The fourth-order valence-electron chi connectivity index (χ4n) is 2.17. The van der Waals surface area contributed by atoms with Crippen LogP contribution in [0.1, 0.15) is 20.4 Å².